The van der Waals surface area contributed by atoms with E-state index >= 15 is 0 Å². The van der Waals surface area contributed by atoms with Gasteiger partial charge in [0, 0.05) is 11.1 Å². The molecule has 3 rings (SSSR count). The van der Waals surface area contributed by atoms with Crippen LogP contribution >= 0.6 is 12.2 Å². The smallest absolute Gasteiger partial charge is 0.221 e. The maximum absolute atomic E-state index is 5.52. The summed E-state index contributed by atoms with van der Waals surface area (Å²) in [5.74, 6) is 1.65. The first kappa shape index (κ1) is 18.1. The summed E-state index contributed by atoms with van der Waals surface area (Å²) in [6.07, 6.45) is 1.74. The number of nitrogens with one attached hydrogen (secondary N) is 2. The Bertz CT molecular complexity index is 900. The molecule has 0 aliphatic rings. The highest BCUT2D eigenvalue weighted by atomic mass is 32.1. The van der Waals surface area contributed by atoms with E-state index in [-0.39, 0.29) is 0 Å². The minimum absolute atomic E-state index is 0.520. The highest BCUT2D eigenvalue weighted by molar-refractivity contribution is 7.71. The van der Waals surface area contributed by atoms with Crippen LogP contribution in [0.2, 0.25) is 0 Å². The number of H-pyrrole nitrogens is 1. The fourth-order valence-corrected chi connectivity index (χ4v) is 2.92. The Labute approximate surface area is 158 Å². The summed E-state index contributed by atoms with van der Waals surface area (Å²) in [7, 11) is 2.13. The van der Waals surface area contributed by atoms with Gasteiger partial charge in [0.05, 0.1) is 7.05 Å². The van der Waals surface area contributed by atoms with Crippen LogP contribution in [-0.2, 0) is 13.2 Å². The fourth-order valence-electron chi connectivity index (χ4n) is 2.72. The van der Waals surface area contributed by atoms with E-state index in [2.05, 4.69) is 35.8 Å². The largest absolute Gasteiger partial charge is 0.490 e. The van der Waals surface area contributed by atoms with E-state index in [0.717, 1.165) is 23.7 Å². The lowest BCUT2D eigenvalue weighted by Gasteiger charge is -2.14. The van der Waals surface area contributed by atoms with Gasteiger partial charge in [-0.25, -0.2) is 4.68 Å². The molecule has 0 bridgehead atoms. The van der Waals surface area contributed by atoms with Gasteiger partial charge in [-0.1, -0.05) is 43.0 Å². The van der Waals surface area contributed by atoms with E-state index in [0.29, 0.717) is 18.0 Å². The zero-order chi connectivity index (χ0) is 18.4. The third-order valence-electron chi connectivity index (χ3n) is 3.95. The van der Waals surface area contributed by atoms with Gasteiger partial charge in [-0.15, -0.1) is 0 Å². The minimum atomic E-state index is 0.520. The SMILES string of the molecule is C=CCOc1ccc(C[NH+](C)Cn2[nH]c(-c3ccccc3)nc2=S)cc1. The van der Waals surface area contributed by atoms with E-state index in [1.165, 1.54) is 10.5 Å². The van der Waals surface area contributed by atoms with Gasteiger partial charge in [-0.3, -0.25) is 5.10 Å². The minimum Gasteiger partial charge on any atom is -0.490 e. The maximum atomic E-state index is 5.52. The lowest BCUT2D eigenvalue weighted by atomic mass is 10.2. The van der Waals surface area contributed by atoms with Gasteiger partial charge in [-0.05, 0) is 36.5 Å². The number of hydrogen-bond acceptors (Lipinski definition) is 3. The third-order valence-corrected chi connectivity index (χ3v) is 4.26. The summed E-state index contributed by atoms with van der Waals surface area (Å²) >= 11 is 5.40. The molecule has 3 aromatic rings. The summed E-state index contributed by atoms with van der Waals surface area (Å²) < 4.78 is 7.99. The van der Waals surface area contributed by atoms with Crippen LogP contribution in [0.4, 0.5) is 0 Å². The van der Waals surface area contributed by atoms with Gasteiger partial charge in [-0.2, -0.15) is 4.98 Å². The molecule has 0 radical (unpaired) electrons. The number of hydrogen-bond donors (Lipinski definition) is 2. The van der Waals surface area contributed by atoms with Crippen LogP contribution in [-0.4, -0.2) is 28.4 Å². The molecule has 0 aliphatic heterocycles. The molecule has 0 saturated carbocycles. The van der Waals surface area contributed by atoms with Gasteiger partial charge >= 0.3 is 0 Å². The maximum Gasteiger partial charge on any atom is 0.221 e. The zero-order valence-electron chi connectivity index (χ0n) is 14.8. The molecule has 1 aromatic heterocycles. The Kier molecular flexibility index (Phi) is 5.99. The number of nitrogens with zero attached hydrogens (tertiary/aromatic N) is 2. The van der Waals surface area contributed by atoms with Crippen LogP contribution in [0.5, 0.6) is 5.75 Å². The summed E-state index contributed by atoms with van der Waals surface area (Å²) in [6, 6.07) is 18.2. The van der Waals surface area contributed by atoms with Crippen molar-refractivity contribution in [1.29, 1.82) is 0 Å². The monoisotopic (exact) mass is 367 g/mol. The fraction of sp³-hybridized carbons (Fsp3) is 0.200. The number of ether oxygens (including phenoxy) is 1. The molecule has 1 heterocycles. The topological polar surface area (TPSA) is 47.3 Å². The summed E-state index contributed by atoms with van der Waals surface area (Å²) in [4.78, 5) is 5.76. The second-order valence-corrected chi connectivity index (χ2v) is 6.55. The number of quaternary nitrogens is 1. The quantitative estimate of drug-likeness (QED) is 0.475. The first-order valence-electron chi connectivity index (χ1n) is 8.52. The summed E-state index contributed by atoms with van der Waals surface area (Å²) in [5, 5.41) is 3.30. The van der Waals surface area contributed by atoms with Crippen molar-refractivity contribution in [3.8, 4) is 17.1 Å². The first-order chi connectivity index (χ1) is 12.7. The van der Waals surface area contributed by atoms with Gasteiger partial charge in [0.2, 0.25) is 4.77 Å². The van der Waals surface area contributed by atoms with Gasteiger partial charge in [0.15, 0.2) is 12.5 Å². The highest BCUT2D eigenvalue weighted by Gasteiger charge is 2.09. The van der Waals surface area contributed by atoms with E-state index in [1.54, 1.807) is 6.08 Å². The van der Waals surface area contributed by atoms with Crippen LogP contribution in [0.1, 0.15) is 5.56 Å². The van der Waals surface area contributed by atoms with Crippen LogP contribution in [0.3, 0.4) is 0 Å². The molecule has 134 valence electrons. The first-order valence-corrected chi connectivity index (χ1v) is 8.93. The number of rotatable bonds is 8. The van der Waals surface area contributed by atoms with Crippen molar-refractivity contribution in [2.75, 3.05) is 13.7 Å². The molecule has 0 saturated heterocycles. The number of aromatic nitrogens is 3. The zero-order valence-corrected chi connectivity index (χ0v) is 15.6. The lowest BCUT2D eigenvalue weighted by molar-refractivity contribution is -0.917. The van der Waals surface area contributed by atoms with Crippen molar-refractivity contribution in [1.82, 2.24) is 14.8 Å². The van der Waals surface area contributed by atoms with Crippen molar-refractivity contribution in [3.63, 3.8) is 0 Å². The average Bonchev–Trinajstić information content (AvgIpc) is 3.02. The Morgan fingerprint density at radius 1 is 1.19 bits per heavy atom. The Morgan fingerprint density at radius 3 is 2.62 bits per heavy atom. The molecular formula is C20H23N4OS+. The predicted molar refractivity (Wildman–Crippen MR) is 106 cm³/mol. The van der Waals surface area contributed by atoms with Gasteiger partial charge < -0.3 is 9.64 Å². The standard InChI is InChI=1S/C20H22N4OS/c1-3-13-25-18-11-9-16(10-12-18)14-23(2)15-24-20(26)21-19(22-24)17-7-5-4-6-8-17/h3-12H,1,13-15H2,2H3,(H,21,22,26)/p+1. The van der Waals surface area contributed by atoms with Crippen LogP contribution < -0.4 is 9.64 Å². The van der Waals surface area contributed by atoms with Crippen LogP contribution in [0.25, 0.3) is 11.4 Å². The van der Waals surface area contributed by atoms with E-state index < -0.39 is 0 Å². The summed E-state index contributed by atoms with van der Waals surface area (Å²) in [5.41, 5.74) is 2.27. The predicted octanol–water partition coefficient (Wildman–Crippen LogP) is 2.84. The Balaban J connectivity index is 1.63. The van der Waals surface area contributed by atoms with Crippen molar-refractivity contribution >= 4 is 12.2 Å². The molecule has 0 amide bonds. The average molecular weight is 367 g/mol. The molecular weight excluding hydrogens is 344 g/mol. The van der Waals surface area contributed by atoms with Gasteiger partial charge in [0.1, 0.15) is 18.9 Å². The normalized spacial score (nSPS) is 11.9. The lowest BCUT2D eigenvalue weighted by Crippen LogP contribution is -3.07. The molecule has 0 spiro atoms. The Hall–Kier alpha value is -2.70. The van der Waals surface area contributed by atoms with Crippen LogP contribution in [0, 0.1) is 4.77 Å². The Morgan fingerprint density at radius 2 is 1.92 bits per heavy atom. The molecule has 1 atom stereocenters. The second-order valence-electron chi connectivity index (χ2n) is 6.18. The summed E-state index contributed by atoms with van der Waals surface area (Å²) in [6.45, 7) is 5.77. The van der Waals surface area contributed by atoms with Crippen molar-refractivity contribution in [3.05, 3.63) is 77.6 Å². The molecule has 0 fully saturated rings. The molecule has 1 unspecified atom stereocenters. The van der Waals surface area contributed by atoms with E-state index in [4.69, 9.17) is 17.0 Å². The third kappa shape index (κ3) is 4.68. The second kappa shape index (κ2) is 8.60. The number of aromatic amines is 1. The molecule has 0 aliphatic carbocycles. The van der Waals surface area contributed by atoms with Crippen LogP contribution in [0.15, 0.2) is 67.3 Å². The molecule has 2 N–H and O–H groups in total. The van der Waals surface area contributed by atoms with Crippen molar-refractivity contribution in [2.45, 2.75) is 13.2 Å². The van der Waals surface area contributed by atoms with E-state index in [1.807, 2.05) is 47.1 Å². The molecule has 2 aromatic carbocycles. The van der Waals surface area contributed by atoms with Crippen molar-refractivity contribution in [2.24, 2.45) is 0 Å². The molecule has 5 nitrogen and oxygen atoms in total. The molecule has 26 heavy (non-hydrogen) atoms. The van der Waals surface area contributed by atoms with Crippen molar-refractivity contribution < 1.29 is 9.64 Å². The highest BCUT2D eigenvalue weighted by Crippen LogP contribution is 2.13. The molecule has 6 heteroatoms. The van der Waals surface area contributed by atoms with Gasteiger partial charge in [0.25, 0.3) is 0 Å². The number of benzene rings is 2. The van der Waals surface area contributed by atoms with E-state index in [9.17, 15) is 0 Å².